The fraction of sp³-hybridized carbons (Fsp3) is 0.556. The lowest BCUT2D eigenvalue weighted by atomic mass is 10.4. The van der Waals surface area contributed by atoms with Crippen LogP contribution in [0.15, 0.2) is 5.38 Å². The fourth-order valence-corrected chi connectivity index (χ4v) is 2.02. The van der Waals surface area contributed by atoms with Gasteiger partial charge in [-0.25, -0.2) is 9.78 Å². The van der Waals surface area contributed by atoms with E-state index in [-0.39, 0.29) is 5.01 Å². The van der Waals surface area contributed by atoms with Gasteiger partial charge in [-0.1, -0.05) is 0 Å². The van der Waals surface area contributed by atoms with Gasteiger partial charge in [0, 0.05) is 18.0 Å². The van der Waals surface area contributed by atoms with Crippen LogP contribution in [-0.2, 0) is 6.54 Å². The van der Waals surface area contributed by atoms with E-state index < -0.39 is 5.97 Å². The molecule has 14 heavy (non-hydrogen) atoms. The van der Waals surface area contributed by atoms with Gasteiger partial charge in [-0.05, 0) is 19.9 Å². The average molecular weight is 212 g/mol. The molecule has 2 rings (SSSR count). The topological polar surface area (TPSA) is 53.4 Å². The van der Waals surface area contributed by atoms with Crippen LogP contribution in [0.5, 0.6) is 0 Å². The number of thiazole rings is 1. The molecule has 0 saturated heterocycles. The predicted molar refractivity (Wildman–Crippen MR) is 53.6 cm³/mol. The van der Waals surface area contributed by atoms with Crippen molar-refractivity contribution < 1.29 is 9.90 Å². The van der Waals surface area contributed by atoms with E-state index in [0.717, 1.165) is 12.2 Å². The Morgan fingerprint density at radius 3 is 3.00 bits per heavy atom. The molecule has 0 aromatic carbocycles. The normalized spacial score (nSPS) is 16.1. The first-order chi connectivity index (χ1) is 6.66. The molecule has 5 heteroatoms. The molecule has 1 N–H and O–H groups in total. The first-order valence-electron chi connectivity index (χ1n) is 4.55. The molecule has 1 aromatic heterocycles. The Kier molecular flexibility index (Phi) is 2.52. The van der Waals surface area contributed by atoms with Crippen molar-refractivity contribution >= 4 is 17.3 Å². The molecule has 1 fully saturated rings. The van der Waals surface area contributed by atoms with Crippen LogP contribution in [-0.4, -0.2) is 34.0 Å². The van der Waals surface area contributed by atoms with E-state index in [1.807, 2.05) is 5.38 Å². The second kappa shape index (κ2) is 3.67. The maximum absolute atomic E-state index is 10.6. The Bertz CT molecular complexity index is 346. The third kappa shape index (κ3) is 2.10. The average Bonchev–Trinajstić information content (AvgIpc) is 2.87. The number of carbonyl (C=O) groups is 1. The number of nitrogens with zero attached hydrogens (tertiary/aromatic N) is 2. The fourth-order valence-electron chi connectivity index (χ4n) is 1.38. The molecule has 0 spiro atoms. The van der Waals surface area contributed by atoms with Crippen molar-refractivity contribution in [2.45, 2.75) is 25.4 Å². The van der Waals surface area contributed by atoms with E-state index in [0.29, 0.717) is 6.04 Å². The molecule has 4 nitrogen and oxygen atoms in total. The second-order valence-electron chi connectivity index (χ2n) is 3.60. The van der Waals surface area contributed by atoms with Crippen LogP contribution in [0, 0.1) is 0 Å². The maximum Gasteiger partial charge on any atom is 0.365 e. The summed E-state index contributed by atoms with van der Waals surface area (Å²) in [5, 5.41) is 10.7. The SMILES string of the molecule is CN(Cc1csc(C(=O)O)n1)C1CC1. The minimum atomic E-state index is -0.935. The van der Waals surface area contributed by atoms with E-state index in [1.165, 1.54) is 24.2 Å². The van der Waals surface area contributed by atoms with Gasteiger partial charge in [0.05, 0.1) is 5.69 Å². The van der Waals surface area contributed by atoms with Gasteiger partial charge in [0.1, 0.15) is 0 Å². The third-order valence-corrected chi connectivity index (χ3v) is 3.20. The Labute approximate surface area is 86.2 Å². The minimum Gasteiger partial charge on any atom is -0.476 e. The summed E-state index contributed by atoms with van der Waals surface area (Å²) in [5.74, 6) is -0.935. The molecule has 0 unspecified atom stereocenters. The van der Waals surface area contributed by atoms with Crippen molar-refractivity contribution in [2.24, 2.45) is 0 Å². The van der Waals surface area contributed by atoms with Crippen molar-refractivity contribution in [1.29, 1.82) is 0 Å². The highest BCUT2D eigenvalue weighted by molar-refractivity contribution is 7.11. The summed E-state index contributed by atoms with van der Waals surface area (Å²) >= 11 is 1.19. The van der Waals surface area contributed by atoms with Crippen LogP contribution < -0.4 is 0 Å². The number of aromatic nitrogens is 1. The van der Waals surface area contributed by atoms with Crippen molar-refractivity contribution in [3.63, 3.8) is 0 Å². The molecule has 1 saturated carbocycles. The summed E-state index contributed by atoms with van der Waals surface area (Å²) in [6.45, 7) is 0.758. The van der Waals surface area contributed by atoms with Crippen LogP contribution in [0.4, 0.5) is 0 Å². The van der Waals surface area contributed by atoms with Crippen molar-refractivity contribution in [2.75, 3.05) is 7.05 Å². The monoisotopic (exact) mass is 212 g/mol. The van der Waals surface area contributed by atoms with Crippen molar-refractivity contribution in [3.8, 4) is 0 Å². The molecule has 0 radical (unpaired) electrons. The zero-order chi connectivity index (χ0) is 10.1. The molecule has 0 bridgehead atoms. The molecular formula is C9H12N2O2S. The van der Waals surface area contributed by atoms with Gasteiger partial charge < -0.3 is 5.11 Å². The molecule has 1 aromatic rings. The van der Waals surface area contributed by atoms with Gasteiger partial charge in [0.25, 0.3) is 0 Å². The quantitative estimate of drug-likeness (QED) is 0.820. The van der Waals surface area contributed by atoms with E-state index in [1.54, 1.807) is 0 Å². The standard InChI is InChI=1S/C9H12N2O2S/c1-11(7-2-3-7)4-6-5-14-8(10-6)9(12)13/h5,7H,2-4H2,1H3,(H,12,13). The van der Waals surface area contributed by atoms with Crippen LogP contribution in [0.3, 0.4) is 0 Å². The molecule has 0 aliphatic heterocycles. The summed E-state index contributed by atoms with van der Waals surface area (Å²) in [7, 11) is 2.05. The molecule has 0 amide bonds. The molecular weight excluding hydrogens is 200 g/mol. The van der Waals surface area contributed by atoms with Crippen LogP contribution >= 0.6 is 11.3 Å². The highest BCUT2D eigenvalue weighted by Crippen LogP contribution is 2.26. The van der Waals surface area contributed by atoms with Crippen molar-refractivity contribution in [1.82, 2.24) is 9.88 Å². The minimum absolute atomic E-state index is 0.184. The lowest BCUT2D eigenvalue weighted by Crippen LogP contribution is -2.20. The molecule has 0 atom stereocenters. The van der Waals surface area contributed by atoms with Crippen LogP contribution in [0.1, 0.15) is 28.3 Å². The number of hydrogen-bond donors (Lipinski definition) is 1. The Morgan fingerprint density at radius 2 is 2.50 bits per heavy atom. The highest BCUT2D eigenvalue weighted by Gasteiger charge is 2.26. The lowest BCUT2D eigenvalue weighted by molar-refractivity contribution is 0.0696. The summed E-state index contributed by atoms with van der Waals surface area (Å²) < 4.78 is 0. The Morgan fingerprint density at radius 1 is 1.79 bits per heavy atom. The van der Waals surface area contributed by atoms with Gasteiger partial charge >= 0.3 is 5.97 Å². The molecule has 76 valence electrons. The Hall–Kier alpha value is -0.940. The highest BCUT2D eigenvalue weighted by atomic mass is 32.1. The smallest absolute Gasteiger partial charge is 0.365 e. The second-order valence-corrected chi connectivity index (χ2v) is 4.45. The van der Waals surface area contributed by atoms with Gasteiger partial charge in [0.15, 0.2) is 0 Å². The largest absolute Gasteiger partial charge is 0.476 e. The first kappa shape index (κ1) is 9.61. The van der Waals surface area contributed by atoms with Gasteiger partial charge in [0.2, 0.25) is 5.01 Å². The van der Waals surface area contributed by atoms with Crippen LogP contribution in [0.25, 0.3) is 0 Å². The maximum atomic E-state index is 10.6. The van der Waals surface area contributed by atoms with E-state index in [9.17, 15) is 4.79 Å². The van der Waals surface area contributed by atoms with Gasteiger partial charge in [-0.3, -0.25) is 4.90 Å². The lowest BCUT2D eigenvalue weighted by Gasteiger charge is -2.12. The van der Waals surface area contributed by atoms with E-state index in [4.69, 9.17) is 5.11 Å². The van der Waals surface area contributed by atoms with E-state index in [2.05, 4.69) is 16.9 Å². The Balaban J connectivity index is 1.98. The molecule has 1 heterocycles. The van der Waals surface area contributed by atoms with Gasteiger partial charge in [-0.15, -0.1) is 11.3 Å². The number of hydrogen-bond acceptors (Lipinski definition) is 4. The summed E-state index contributed by atoms with van der Waals surface area (Å²) in [6.07, 6.45) is 2.51. The number of carboxylic acids is 1. The number of aromatic carboxylic acids is 1. The zero-order valence-corrected chi connectivity index (χ0v) is 8.75. The van der Waals surface area contributed by atoms with E-state index >= 15 is 0 Å². The summed E-state index contributed by atoms with van der Waals surface area (Å²) in [4.78, 5) is 16.8. The van der Waals surface area contributed by atoms with Crippen molar-refractivity contribution in [3.05, 3.63) is 16.1 Å². The molecule has 1 aliphatic rings. The van der Waals surface area contributed by atoms with Gasteiger partial charge in [-0.2, -0.15) is 0 Å². The number of rotatable bonds is 4. The molecule has 1 aliphatic carbocycles. The third-order valence-electron chi connectivity index (χ3n) is 2.32. The summed E-state index contributed by atoms with van der Waals surface area (Å²) in [5.41, 5.74) is 0.863. The summed E-state index contributed by atoms with van der Waals surface area (Å²) in [6, 6.07) is 0.685. The number of carboxylic acid groups (broad SMARTS) is 1. The zero-order valence-electron chi connectivity index (χ0n) is 7.93. The first-order valence-corrected chi connectivity index (χ1v) is 5.42. The predicted octanol–water partition coefficient (Wildman–Crippen LogP) is 1.44. The van der Waals surface area contributed by atoms with Crippen LogP contribution in [0.2, 0.25) is 0 Å².